The molecule has 0 bridgehead atoms. The Morgan fingerprint density at radius 1 is 0.375 bits per heavy atom. The van der Waals surface area contributed by atoms with Gasteiger partial charge in [0.15, 0.2) is 0 Å². The van der Waals surface area contributed by atoms with Crippen LogP contribution in [-0.2, 0) is 10.8 Å². The van der Waals surface area contributed by atoms with Crippen molar-refractivity contribution < 1.29 is 4.42 Å². The fraction of sp³-hybridized carbons (Fsp3) is 0.100. The molecule has 1 heterocycles. The van der Waals surface area contributed by atoms with E-state index in [0.717, 1.165) is 67.2 Å². The van der Waals surface area contributed by atoms with Crippen molar-refractivity contribution in [3.63, 3.8) is 0 Å². The molecule has 0 amide bonds. The van der Waals surface area contributed by atoms with Crippen molar-refractivity contribution in [3.8, 4) is 33.4 Å². The molecule has 0 saturated heterocycles. The molecule has 12 rings (SSSR count). The van der Waals surface area contributed by atoms with Gasteiger partial charge in [0.25, 0.3) is 0 Å². The van der Waals surface area contributed by atoms with Crippen molar-refractivity contribution >= 4 is 67.7 Å². The number of anilines is 6. The van der Waals surface area contributed by atoms with E-state index >= 15 is 0 Å². The van der Waals surface area contributed by atoms with E-state index in [4.69, 9.17) is 16.0 Å². The van der Waals surface area contributed by atoms with Gasteiger partial charge in [0.2, 0.25) is 0 Å². The molecule has 0 fully saturated rings. The molecule has 10 aromatic rings. The highest BCUT2D eigenvalue weighted by Crippen LogP contribution is 2.54. The fourth-order valence-corrected chi connectivity index (χ4v) is 10.9. The first-order valence-electron chi connectivity index (χ1n) is 22.1. The predicted molar refractivity (Wildman–Crippen MR) is 269 cm³/mol. The van der Waals surface area contributed by atoms with E-state index in [1.165, 1.54) is 44.5 Å². The molecule has 0 spiro atoms. The quantitative estimate of drug-likeness (QED) is 0.159. The summed E-state index contributed by atoms with van der Waals surface area (Å²) >= 11 is 6.68. The first-order chi connectivity index (χ1) is 31.1. The number of hydrogen-bond donors (Lipinski definition) is 0. The Bertz CT molecular complexity index is 3430. The zero-order valence-electron chi connectivity index (χ0n) is 36.2. The Morgan fingerprint density at radius 2 is 0.938 bits per heavy atom. The highest BCUT2D eigenvalue weighted by molar-refractivity contribution is 6.31. The van der Waals surface area contributed by atoms with Gasteiger partial charge in [-0.15, -0.1) is 0 Å². The van der Waals surface area contributed by atoms with E-state index in [1.807, 2.05) is 12.1 Å². The topological polar surface area (TPSA) is 19.6 Å². The van der Waals surface area contributed by atoms with Crippen LogP contribution in [-0.4, -0.2) is 0 Å². The highest BCUT2D eigenvalue weighted by atomic mass is 35.5. The van der Waals surface area contributed by atoms with E-state index in [0.29, 0.717) is 5.02 Å². The largest absolute Gasteiger partial charge is 0.456 e. The third-order valence-electron chi connectivity index (χ3n) is 13.9. The number of furan rings is 1. The lowest BCUT2D eigenvalue weighted by Crippen LogP contribution is -2.17. The molecule has 0 unspecified atom stereocenters. The number of hydrogen-bond acceptors (Lipinski definition) is 3. The second-order valence-corrected chi connectivity index (χ2v) is 18.7. The summed E-state index contributed by atoms with van der Waals surface area (Å²) in [6.45, 7) is 9.40. The van der Waals surface area contributed by atoms with Crippen LogP contribution in [0.4, 0.5) is 34.1 Å². The van der Waals surface area contributed by atoms with E-state index < -0.39 is 0 Å². The maximum atomic E-state index is 6.85. The molecule has 2 aliphatic rings. The van der Waals surface area contributed by atoms with Crippen LogP contribution in [0, 0.1) is 0 Å². The molecule has 0 radical (unpaired) electrons. The van der Waals surface area contributed by atoms with Crippen LogP contribution in [0.2, 0.25) is 5.02 Å². The molecule has 0 saturated carbocycles. The van der Waals surface area contributed by atoms with E-state index in [-0.39, 0.29) is 10.8 Å². The lowest BCUT2D eigenvalue weighted by atomic mass is 9.82. The summed E-state index contributed by atoms with van der Waals surface area (Å²) in [6.07, 6.45) is 0. The Morgan fingerprint density at radius 3 is 1.66 bits per heavy atom. The van der Waals surface area contributed by atoms with Crippen molar-refractivity contribution in [2.24, 2.45) is 0 Å². The van der Waals surface area contributed by atoms with Gasteiger partial charge in [-0.05, 0) is 141 Å². The van der Waals surface area contributed by atoms with Crippen molar-refractivity contribution in [1.29, 1.82) is 0 Å². The van der Waals surface area contributed by atoms with Crippen molar-refractivity contribution in [2.75, 3.05) is 9.80 Å². The maximum absolute atomic E-state index is 6.85. The molecule has 64 heavy (non-hydrogen) atoms. The number of fused-ring (bicyclic) bond motifs is 9. The third-order valence-corrected chi connectivity index (χ3v) is 14.1. The number of benzene rings is 9. The van der Waals surface area contributed by atoms with Gasteiger partial charge < -0.3 is 14.2 Å². The summed E-state index contributed by atoms with van der Waals surface area (Å²) in [5, 5.41) is 2.69. The summed E-state index contributed by atoms with van der Waals surface area (Å²) in [7, 11) is 0. The van der Waals surface area contributed by atoms with Crippen LogP contribution in [0.1, 0.15) is 49.9 Å². The van der Waals surface area contributed by atoms with Gasteiger partial charge in [-0.25, -0.2) is 0 Å². The minimum atomic E-state index is -0.186. The zero-order chi connectivity index (χ0) is 43.3. The first kappa shape index (κ1) is 38.4. The zero-order valence-corrected chi connectivity index (χ0v) is 37.0. The monoisotopic (exact) mass is 844 g/mol. The Balaban J connectivity index is 1.12. The van der Waals surface area contributed by atoms with Gasteiger partial charge in [0, 0.05) is 55.7 Å². The van der Waals surface area contributed by atoms with Gasteiger partial charge in [-0.2, -0.15) is 0 Å². The molecule has 0 aliphatic heterocycles. The molecular formula is C60H45ClN2O. The van der Waals surface area contributed by atoms with Crippen molar-refractivity contribution in [2.45, 2.75) is 38.5 Å². The molecular weight excluding hydrogens is 800 g/mol. The Labute approximate surface area is 379 Å². The second-order valence-electron chi connectivity index (χ2n) is 18.3. The van der Waals surface area contributed by atoms with E-state index in [2.05, 4.69) is 226 Å². The molecule has 1 aromatic heterocycles. The smallest absolute Gasteiger partial charge is 0.138 e. The maximum Gasteiger partial charge on any atom is 0.138 e. The van der Waals surface area contributed by atoms with Crippen LogP contribution < -0.4 is 9.80 Å². The normalized spacial score (nSPS) is 14.0. The van der Waals surface area contributed by atoms with Gasteiger partial charge in [0.1, 0.15) is 11.2 Å². The van der Waals surface area contributed by atoms with Crippen molar-refractivity contribution in [3.05, 3.63) is 227 Å². The van der Waals surface area contributed by atoms with Crippen LogP contribution in [0.3, 0.4) is 0 Å². The fourth-order valence-electron chi connectivity index (χ4n) is 10.7. The molecule has 308 valence electrons. The van der Waals surface area contributed by atoms with Crippen LogP contribution in [0.5, 0.6) is 0 Å². The summed E-state index contributed by atoms with van der Waals surface area (Å²) in [5.74, 6) is 0. The van der Waals surface area contributed by atoms with Crippen molar-refractivity contribution in [1.82, 2.24) is 0 Å². The first-order valence-corrected chi connectivity index (χ1v) is 22.5. The molecule has 3 nitrogen and oxygen atoms in total. The molecule has 4 heteroatoms. The minimum absolute atomic E-state index is 0.121. The highest BCUT2D eigenvalue weighted by Gasteiger charge is 2.38. The van der Waals surface area contributed by atoms with Gasteiger partial charge in [0.05, 0.1) is 11.1 Å². The van der Waals surface area contributed by atoms with Crippen LogP contribution in [0.25, 0.3) is 55.3 Å². The molecule has 0 atom stereocenters. The SMILES string of the molecule is CC1(C)c2ccccc2-c2cc(N(c3ccc4c(c3)C(C)(C)c3ccccc3-4)c3cc(-c4cccc(N(c5ccccc5)c5ccccc5)c4)cc4oc5cc(Cl)ccc5c34)ccc21. The van der Waals surface area contributed by atoms with Gasteiger partial charge in [-0.3, -0.25) is 0 Å². The molecule has 0 N–H and O–H groups in total. The molecule has 2 aliphatic carbocycles. The third kappa shape index (κ3) is 5.88. The predicted octanol–water partition coefficient (Wildman–Crippen LogP) is 17.5. The lowest BCUT2D eigenvalue weighted by Gasteiger charge is -2.30. The van der Waals surface area contributed by atoms with Crippen LogP contribution in [0.15, 0.2) is 205 Å². The van der Waals surface area contributed by atoms with E-state index in [1.54, 1.807) is 0 Å². The Hall–Kier alpha value is -7.33. The molecule has 9 aromatic carbocycles. The summed E-state index contributed by atoms with van der Waals surface area (Å²) < 4.78 is 6.85. The number of rotatable bonds is 7. The summed E-state index contributed by atoms with van der Waals surface area (Å²) in [4.78, 5) is 4.78. The lowest BCUT2D eigenvalue weighted by molar-refractivity contribution is 0.660. The number of halogens is 1. The average Bonchev–Trinajstić information content (AvgIpc) is 3.89. The standard InChI is InChI=1S/C60H45ClN2O/c1-59(2)52-25-14-12-23-47(52)50-36-44(28-31-53(50)59)63(45-27-30-48-46-22-11-13-24-51(46)60(3,4)54(48)37-45)55-33-39(34-57-58(55)49-29-26-40(61)35-56(49)64-57)38-16-15-21-43(32-38)62(41-17-7-5-8-18-41)42-19-9-6-10-20-42/h5-37H,1-4H3. The number of nitrogens with zero attached hydrogens (tertiary/aromatic N) is 2. The summed E-state index contributed by atoms with van der Waals surface area (Å²) in [5.41, 5.74) is 20.3. The second kappa shape index (κ2) is 14.4. The Kier molecular flexibility index (Phi) is 8.60. The van der Waals surface area contributed by atoms with E-state index in [9.17, 15) is 0 Å². The van der Waals surface area contributed by atoms with Crippen LogP contribution >= 0.6 is 11.6 Å². The summed E-state index contributed by atoms with van der Waals surface area (Å²) in [6, 6.07) is 72.4. The van der Waals surface area contributed by atoms with Gasteiger partial charge in [-0.1, -0.05) is 148 Å². The average molecular weight is 845 g/mol. The number of para-hydroxylation sites is 2. The van der Waals surface area contributed by atoms with Gasteiger partial charge >= 0.3 is 0 Å². The minimum Gasteiger partial charge on any atom is -0.456 e.